The van der Waals surface area contributed by atoms with Gasteiger partial charge in [0.15, 0.2) is 5.78 Å². The maximum absolute atomic E-state index is 13.6. The van der Waals surface area contributed by atoms with Crippen molar-refractivity contribution in [3.8, 4) is 0 Å². The van der Waals surface area contributed by atoms with E-state index in [2.05, 4.69) is 0 Å². The number of rotatable bonds is 6. The molecule has 0 aliphatic rings. The lowest BCUT2D eigenvalue weighted by atomic mass is 9.86. The summed E-state index contributed by atoms with van der Waals surface area (Å²) in [6.07, 6.45) is 1.77. The first-order valence-electron chi connectivity index (χ1n) is 10.1. The van der Waals surface area contributed by atoms with Gasteiger partial charge in [-0.2, -0.15) is 0 Å². The summed E-state index contributed by atoms with van der Waals surface area (Å²) in [4.78, 5) is 13.5. The van der Waals surface area contributed by atoms with Gasteiger partial charge in [-0.15, -0.1) is 0 Å². The monoisotopic (exact) mass is 428 g/mol. The van der Waals surface area contributed by atoms with Crippen LogP contribution in [-0.4, -0.2) is 5.78 Å². The zero-order valence-electron chi connectivity index (χ0n) is 17.0. The van der Waals surface area contributed by atoms with Crippen molar-refractivity contribution in [2.24, 2.45) is 0 Å². The highest BCUT2D eigenvalue weighted by Crippen LogP contribution is 2.31. The first-order chi connectivity index (χ1) is 15.5. The van der Waals surface area contributed by atoms with Crippen LogP contribution in [0.15, 0.2) is 109 Å². The van der Waals surface area contributed by atoms with Gasteiger partial charge in [-0.25, -0.2) is 13.2 Å². The third kappa shape index (κ3) is 4.86. The van der Waals surface area contributed by atoms with Gasteiger partial charge in [0, 0.05) is 5.56 Å². The van der Waals surface area contributed by atoms with E-state index in [1.165, 1.54) is 36.4 Å². The maximum atomic E-state index is 13.6. The van der Waals surface area contributed by atoms with Gasteiger partial charge < -0.3 is 0 Å². The van der Waals surface area contributed by atoms with Gasteiger partial charge in [0.05, 0.1) is 5.92 Å². The Kier molecular flexibility index (Phi) is 6.31. The van der Waals surface area contributed by atoms with Crippen molar-refractivity contribution in [2.45, 2.75) is 5.92 Å². The molecule has 0 bridgehead atoms. The number of halogens is 3. The topological polar surface area (TPSA) is 17.1 Å². The third-order valence-corrected chi connectivity index (χ3v) is 5.21. The molecule has 158 valence electrons. The van der Waals surface area contributed by atoms with Gasteiger partial charge in [-0.05, 0) is 58.7 Å². The van der Waals surface area contributed by atoms with Gasteiger partial charge in [0.25, 0.3) is 0 Å². The molecule has 0 amide bonds. The Morgan fingerprint density at radius 2 is 1.00 bits per heavy atom. The minimum absolute atomic E-state index is 0.168. The minimum Gasteiger partial charge on any atom is -0.293 e. The Morgan fingerprint density at radius 1 is 0.562 bits per heavy atom. The Morgan fingerprint density at radius 3 is 1.47 bits per heavy atom. The summed E-state index contributed by atoms with van der Waals surface area (Å²) in [5.74, 6) is -2.08. The zero-order valence-corrected chi connectivity index (χ0v) is 17.0. The summed E-state index contributed by atoms with van der Waals surface area (Å²) in [5.41, 5.74) is 3.11. The molecule has 32 heavy (non-hydrogen) atoms. The first-order valence-corrected chi connectivity index (χ1v) is 10.1. The molecule has 1 unspecified atom stereocenters. The SMILES string of the molecule is O=C(c1ccccc1)C(C=C(c1ccc(F)cc1)c1ccc(F)cc1)c1ccc(F)cc1. The molecule has 0 radical (unpaired) electrons. The zero-order chi connectivity index (χ0) is 22.5. The number of hydrogen-bond donors (Lipinski definition) is 0. The molecule has 4 rings (SSSR count). The number of allylic oxidation sites excluding steroid dienone is 1. The van der Waals surface area contributed by atoms with Crippen molar-refractivity contribution in [3.05, 3.63) is 149 Å². The van der Waals surface area contributed by atoms with Crippen molar-refractivity contribution >= 4 is 11.4 Å². The van der Waals surface area contributed by atoms with Gasteiger partial charge in [0.2, 0.25) is 0 Å². The number of carbonyl (C=O) groups is 1. The van der Waals surface area contributed by atoms with E-state index in [1.807, 2.05) is 6.07 Å². The lowest BCUT2D eigenvalue weighted by Gasteiger charge is -2.17. The van der Waals surface area contributed by atoms with Gasteiger partial charge in [-0.3, -0.25) is 4.79 Å². The van der Waals surface area contributed by atoms with Crippen LogP contribution in [0.25, 0.3) is 5.57 Å². The molecule has 0 aliphatic carbocycles. The average molecular weight is 428 g/mol. The van der Waals surface area contributed by atoms with Crippen LogP contribution in [0, 0.1) is 17.5 Å². The molecule has 0 fully saturated rings. The summed E-state index contributed by atoms with van der Waals surface area (Å²) < 4.78 is 40.7. The van der Waals surface area contributed by atoms with Crippen LogP contribution in [0.5, 0.6) is 0 Å². The van der Waals surface area contributed by atoms with Crippen LogP contribution in [0.4, 0.5) is 13.2 Å². The number of benzene rings is 4. The van der Waals surface area contributed by atoms with Crippen LogP contribution in [0.1, 0.15) is 33.0 Å². The largest absolute Gasteiger partial charge is 0.293 e. The summed E-state index contributed by atoms with van der Waals surface area (Å²) in [7, 11) is 0. The van der Waals surface area contributed by atoms with Gasteiger partial charge in [-0.1, -0.05) is 72.8 Å². The molecule has 0 saturated heterocycles. The highest BCUT2D eigenvalue weighted by atomic mass is 19.1. The van der Waals surface area contributed by atoms with Crippen molar-refractivity contribution in [2.75, 3.05) is 0 Å². The summed E-state index contributed by atoms with van der Waals surface area (Å²) >= 11 is 0. The highest BCUT2D eigenvalue weighted by Gasteiger charge is 2.22. The van der Waals surface area contributed by atoms with E-state index < -0.39 is 11.7 Å². The molecule has 4 aromatic rings. The van der Waals surface area contributed by atoms with Crippen LogP contribution < -0.4 is 0 Å². The van der Waals surface area contributed by atoms with E-state index in [9.17, 15) is 18.0 Å². The van der Waals surface area contributed by atoms with E-state index in [-0.39, 0.29) is 17.4 Å². The van der Waals surface area contributed by atoms with Crippen molar-refractivity contribution < 1.29 is 18.0 Å². The molecular formula is C28H19F3O. The van der Waals surface area contributed by atoms with Crippen molar-refractivity contribution in [3.63, 3.8) is 0 Å². The summed E-state index contributed by atoms with van der Waals surface area (Å²) in [6, 6.07) is 26.4. The van der Waals surface area contributed by atoms with Crippen LogP contribution in [0.3, 0.4) is 0 Å². The molecule has 0 spiro atoms. The summed E-state index contributed by atoms with van der Waals surface area (Å²) in [5, 5.41) is 0. The number of ketones is 1. The van der Waals surface area contributed by atoms with Gasteiger partial charge in [0.1, 0.15) is 17.5 Å². The first kappa shape index (κ1) is 21.3. The van der Waals surface area contributed by atoms with Crippen LogP contribution in [-0.2, 0) is 0 Å². The molecule has 0 aliphatic heterocycles. The molecule has 0 N–H and O–H groups in total. The Labute approximate surface area is 184 Å². The van der Waals surface area contributed by atoms with E-state index >= 15 is 0 Å². The lowest BCUT2D eigenvalue weighted by molar-refractivity contribution is 0.0976. The molecule has 1 atom stereocenters. The molecular weight excluding hydrogens is 409 g/mol. The fourth-order valence-corrected chi connectivity index (χ4v) is 3.56. The molecule has 0 heterocycles. The number of hydrogen-bond acceptors (Lipinski definition) is 1. The van der Waals surface area contributed by atoms with Crippen molar-refractivity contribution in [1.82, 2.24) is 0 Å². The van der Waals surface area contributed by atoms with Crippen LogP contribution >= 0.6 is 0 Å². The Hall–Kier alpha value is -3.92. The maximum Gasteiger partial charge on any atom is 0.174 e. The lowest BCUT2D eigenvalue weighted by Crippen LogP contribution is -2.12. The average Bonchev–Trinajstić information content (AvgIpc) is 2.82. The molecule has 1 nitrogen and oxygen atoms in total. The highest BCUT2D eigenvalue weighted by molar-refractivity contribution is 6.03. The van der Waals surface area contributed by atoms with E-state index in [0.717, 1.165) is 0 Å². The number of Topliss-reactive ketones (excluding diaryl/α,β-unsaturated/α-hetero) is 1. The van der Waals surface area contributed by atoms with Gasteiger partial charge >= 0.3 is 0 Å². The fourth-order valence-electron chi connectivity index (χ4n) is 3.56. The second-order valence-corrected chi connectivity index (χ2v) is 7.35. The number of carbonyl (C=O) groups excluding carboxylic acids is 1. The second kappa shape index (κ2) is 9.48. The van der Waals surface area contributed by atoms with Crippen molar-refractivity contribution in [1.29, 1.82) is 0 Å². The third-order valence-electron chi connectivity index (χ3n) is 5.21. The van der Waals surface area contributed by atoms with E-state index in [0.29, 0.717) is 27.8 Å². The summed E-state index contributed by atoms with van der Waals surface area (Å²) in [6.45, 7) is 0. The van der Waals surface area contributed by atoms with E-state index in [4.69, 9.17) is 0 Å². The van der Waals surface area contributed by atoms with Crippen LogP contribution in [0.2, 0.25) is 0 Å². The Bertz CT molecular complexity index is 1180. The predicted octanol–water partition coefficient (Wildman–Crippen LogP) is 7.20. The molecule has 0 saturated carbocycles. The molecule has 4 heteroatoms. The molecule has 4 aromatic carbocycles. The van der Waals surface area contributed by atoms with E-state index in [1.54, 1.807) is 66.7 Å². The normalized spacial score (nSPS) is 11.6. The predicted molar refractivity (Wildman–Crippen MR) is 120 cm³/mol. The minimum atomic E-state index is -0.733. The second-order valence-electron chi connectivity index (χ2n) is 7.35. The Balaban J connectivity index is 1.89. The smallest absolute Gasteiger partial charge is 0.174 e. The fraction of sp³-hybridized carbons (Fsp3) is 0.0357. The standard InChI is InChI=1S/C28H19F3O/c29-23-12-6-19(7-13-23)26(20-8-14-24(30)15-9-20)18-27(21-10-16-25(31)17-11-21)28(32)22-4-2-1-3-5-22/h1-18,27H. The quantitative estimate of drug-likeness (QED) is 0.297. The molecule has 0 aromatic heterocycles.